The average Bonchev–Trinajstić information content (AvgIpc) is 2.60. The third-order valence-electron chi connectivity index (χ3n) is 3.99. The number of likely N-dealkylation sites (tertiary alicyclic amines) is 1. The molecule has 1 aliphatic heterocycles. The van der Waals surface area contributed by atoms with E-state index >= 15 is 0 Å². The summed E-state index contributed by atoms with van der Waals surface area (Å²) in [7, 11) is 0. The number of rotatable bonds is 6. The highest BCUT2D eigenvalue weighted by Gasteiger charge is 2.28. The second kappa shape index (κ2) is 9.15. The maximum atomic E-state index is 12.5. The molecule has 6 heteroatoms. The second-order valence-corrected chi connectivity index (χ2v) is 5.99. The van der Waals surface area contributed by atoms with Crippen LogP contribution in [0.1, 0.15) is 33.1 Å². The van der Waals surface area contributed by atoms with Crippen molar-refractivity contribution in [3.63, 3.8) is 0 Å². The maximum Gasteiger partial charge on any atom is 0.321 e. The summed E-state index contributed by atoms with van der Waals surface area (Å²) < 4.78 is 5.58. The highest BCUT2D eigenvalue weighted by atomic mass is 16.5. The SMILES string of the molecule is CCCOc1cccc(NC(=O)N2CCC[C@H](C(=O)NCC)C2)c1. The molecule has 1 saturated heterocycles. The summed E-state index contributed by atoms with van der Waals surface area (Å²) in [6.07, 6.45) is 2.61. The maximum absolute atomic E-state index is 12.5. The smallest absolute Gasteiger partial charge is 0.321 e. The van der Waals surface area contributed by atoms with Crippen LogP contribution >= 0.6 is 0 Å². The van der Waals surface area contributed by atoms with Crippen LogP contribution in [-0.4, -0.2) is 43.1 Å². The Morgan fingerprint density at radius 3 is 2.92 bits per heavy atom. The van der Waals surface area contributed by atoms with Crippen molar-refractivity contribution < 1.29 is 14.3 Å². The first-order chi connectivity index (χ1) is 11.6. The van der Waals surface area contributed by atoms with Crippen molar-refractivity contribution in [2.24, 2.45) is 5.92 Å². The van der Waals surface area contributed by atoms with Crippen molar-refractivity contribution in [2.45, 2.75) is 33.1 Å². The summed E-state index contributed by atoms with van der Waals surface area (Å²) in [5, 5.41) is 5.73. The number of anilines is 1. The van der Waals surface area contributed by atoms with Crippen LogP contribution in [0.2, 0.25) is 0 Å². The summed E-state index contributed by atoms with van der Waals surface area (Å²) in [6.45, 7) is 6.35. The summed E-state index contributed by atoms with van der Waals surface area (Å²) in [6, 6.07) is 7.21. The Labute approximate surface area is 143 Å². The normalized spacial score (nSPS) is 17.2. The van der Waals surface area contributed by atoms with Crippen LogP contribution in [0.15, 0.2) is 24.3 Å². The molecule has 1 aromatic rings. The lowest BCUT2D eigenvalue weighted by Gasteiger charge is -2.32. The van der Waals surface area contributed by atoms with E-state index in [0.29, 0.717) is 31.9 Å². The van der Waals surface area contributed by atoms with Gasteiger partial charge in [0.05, 0.1) is 12.5 Å². The first kappa shape index (κ1) is 18.1. The van der Waals surface area contributed by atoms with Gasteiger partial charge in [-0.05, 0) is 38.3 Å². The number of piperidine rings is 1. The Balaban J connectivity index is 1.93. The van der Waals surface area contributed by atoms with E-state index in [0.717, 1.165) is 25.0 Å². The molecule has 0 unspecified atom stereocenters. The number of nitrogens with one attached hydrogen (secondary N) is 2. The van der Waals surface area contributed by atoms with Gasteiger partial charge in [0.15, 0.2) is 0 Å². The molecular weight excluding hydrogens is 306 g/mol. The lowest BCUT2D eigenvalue weighted by molar-refractivity contribution is -0.126. The Hall–Kier alpha value is -2.24. The van der Waals surface area contributed by atoms with E-state index in [2.05, 4.69) is 10.6 Å². The Morgan fingerprint density at radius 1 is 1.33 bits per heavy atom. The van der Waals surface area contributed by atoms with E-state index in [1.165, 1.54) is 0 Å². The molecule has 24 heavy (non-hydrogen) atoms. The molecule has 1 atom stereocenters. The van der Waals surface area contributed by atoms with Crippen molar-refractivity contribution in [3.8, 4) is 5.75 Å². The van der Waals surface area contributed by atoms with Crippen LogP contribution in [0.3, 0.4) is 0 Å². The van der Waals surface area contributed by atoms with Crippen LogP contribution in [0.4, 0.5) is 10.5 Å². The predicted octanol–water partition coefficient (Wildman–Crippen LogP) is 2.86. The first-order valence-electron chi connectivity index (χ1n) is 8.70. The zero-order chi connectivity index (χ0) is 17.4. The molecule has 0 spiro atoms. The lowest BCUT2D eigenvalue weighted by Crippen LogP contribution is -2.46. The molecule has 2 rings (SSSR count). The summed E-state index contributed by atoms with van der Waals surface area (Å²) >= 11 is 0. The number of amides is 3. The van der Waals surface area contributed by atoms with Gasteiger partial charge in [0.25, 0.3) is 0 Å². The van der Waals surface area contributed by atoms with Gasteiger partial charge >= 0.3 is 6.03 Å². The van der Waals surface area contributed by atoms with Gasteiger partial charge in [-0.15, -0.1) is 0 Å². The number of carbonyl (C=O) groups excluding carboxylic acids is 2. The van der Waals surface area contributed by atoms with E-state index in [4.69, 9.17) is 4.74 Å². The molecular formula is C18H27N3O3. The first-order valence-corrected chi connectivity index (χ1v) is 8.70. The molecule has 0 aliphatic carbocycles. The van der Waals surface area contributed by atoms with Gasteiger partial charge in [-0.25, -0.2) is 4.79 Å². The van der Waals surface area contributed by atoms with Crippen molar-refractivity contribution >= 4 is 17.6 Å². The standard InChI is InChI=1S/C18H27N3O3/c1-3-11-24-16-9-5-8-15(12-16)20-18(23)21-10-6-7-14(13-21)17(22)19-4-2/h5,8-9,12,14H,3-4,6-7,10-11,13H2,1-2H3,(H,19,22)(H,20,23)/t14-/m0/s1. The van der Waals surface area contributed by atoms with E-state index < -0.39 is 0 Å². The third-order valence-corrected chi connectivity index (χ3v) is 3.99. The highest BCUT2D eigenvalue weighted by molar-refractivity contribution is 5.90. The number of urea groups is 1. The molecule has 0 aromatic heterocycles. The van der Waals surface area contributed by atoms with Crippen molar-refractivity contribution in [1.29, 1.82) is 0 Å². The molecule has 132 valence electrons. The van der Waals surface area contributed by atoms with Gasteiger partial charge in [0.1, 0.15) is 5.75 Å². The molecule has 2 N–H and O–H groups in total. The molecule has 1 aromatic carbocycles. The monoisotopic (exact) mass is 333 g/mol. The summed E-state index contributed by atoms with van der Waals surface area (Å²) in [5.74, 6) is 0.655. The fourth-order valence-electron chi connectivity index (χ4n) is 2.78. The van der Waals surface area contributed by atoms with Gasteiger partial charge in [-0.1, -0.05) is 13.0 Å². The predicted molar refractivity (Wildman–Crippen MR) is 94.2 cm³/mol. The number of nitrogens with zero attached hydrogens (tertiary/aromatic N) is 1. The van der Waals surface area contributed by atoms with E-state index in [9.17, 15) is 9.59 Å². The number of ether oxygens (including phenoxy) is 1. The fourth-order valence-corrected chi connectivity index (χ4v) is 2.78. The zero-order valence-corrected chi connectivity index (χ0v) is 14.5. The highest BCUT2D eigenvalue weighted by Crippen LogP contribution is 2.20. The Morgan fingerprint density at radius 2 is 2.17 bits per heavy atom. The molecule has 0 saturated carbocycles. The molecule has 6 nitrogen and oxygen atoms in total. The van der Waals surface area contributed by atoms with Gasteiger partial charge in [0.2, 0.25) is 5.91 Å². The van der Waals surface area contributed by atoms with Gasteiger partial charge in [-0.3, -0.25) is 4.79 Å². The fraction of sp³-hybridized carbons (Fsp3) is 0.556. The minimum Gasteiger partial charge on any atom is -0.494 e. The van der Waals surface area contributed by atoms with Gasteiger partial charge < -0.3 is 20.3 Å². The average molecular weight is 333 g/mol. The summed E-state index contributed by atoms with van der Waals surface area (Å²) in [5.41, 5.74) is 0.703. The largest absolute Gasteiger partial charge is 0.494 e. The lowest BCUT2D eigenvalue weighted by atomic mass is 9.97. The van der Waals surface area contributed by atoms with Crippen molar-refractivity contribution in [2.75, 3.05) is 31.6 Å². The van der Waals surface area contributed by atoms with Crippen LogP contribution in [-0.2, 0) is 4.79 Å². The van der Waals surface area contributed by atoms with E-state index in [-0.39, 0.29) is 17.9 Å². The number of hydrogen-bond donors (Lipinski definition) is 2. The van der Waals surface area contributed by atoms with Crippen LogP contribution in [0.25, 0.3) is 0 Å². The van der Waals surface area contributed by atoms with Crippen LogP contribution in [0, 0.1) is 5.92 Å². The minimum absolute atomic E-state index is 0.0324. The molecule has 0 bridgehead atoms. The van der Waals surface area contributed by atoms with Gasteiger partial charge in [-0.2, -0.15) is 0 Å². The van der Waals surface area contributed by atoms with E-state index in [1.807, 2.05) is 38.1 Å². The number of hydrogen-bond acceptors (Lipinski definition) is 3. The number of benzene rings is 1. The minimum atomic E-state index is -0.170. The molecule has 3 amide bonds. The molecule has 0 radical (unpaired) electrons. The molecule has 1 heterocycles. The topological polar surface area (TPSA) is 70.7 Å². The van der Waals surface area contributed by atoms with Crippen molar-refractivity contribution in [1.82, 2.24) is 10.2 Å². The molecule has 1 fully saturated rings. The zero-order valence-electron chi connectivity index (χ0n) is 14.5. The quantitative estimate of drug-likeness (QED) is 0.841. The van der Waals surface area contributed by atoms with Crippen molar-refractivity contribution in [3.05, 3.63) is 24.3 Å². The second-order valence-electron chi connectivity index (χ2n) is 5.99. The third kappa shape index (κ3) is 5.15. The Kier molecular flexibility index (Phi) is 6.90. The van der Waals surface area contributed by atoms with Crippen LogP contribution in [0.5, 0.6) is 5.75 Å². The summed E-state index contributed by atoms with van der Waals surface area (Å²) in [4.78, 5) is 26.2. The van der Waals surface area contributed by atoms with E-state index in [1.54, 1.807) is 4.90 Å². The number of carbonyl (C=O) groups is 2. The molecule has 1 aliphatic rings. The van der Waals surface area contributed by atoms with Crippen LogP contribution < -0.4 is 15.4 Å². The van der Waals surface area contributed by atoms with Gasteiger partial charge in [0, 0.05) is 31.4 Å². The Bertz CT molecular complexity index is 562.